The number of methoxy groups -OCH3 is 1. The topological polar surface area (TPSA) is 52.8 Å². The van der Waals surface area contributed by atoms with E-state index in [1.165, 1.54) is 0 Å². The largest absolute Gasteiger partial charge is 0.495 e. The van der Waals surface area contributed by atoms with Gasteiger partial charge in [-0.2, -0.15) is 5.10 Å². The minimum Gasteiger partial charge on any atom is -0.495 e. The van der Waals surface area contributed by atoms with Crippen molar-refractivity contribution in [2.75, 3.05) is 7.11 Å². The maximum absolute atomic E-state index is 6.21. The first-order valence-corrected chi connectivity index (χ1v) is 7.30. The van der Waals surface area contributed by atoms with Gasteiger partial charge in [0.15, 0.2) is 11.6 Å². The molecule has 3 rings (SSSR count). The number of ether oxygens (including phenoxy) is 1. The number of hydrogen-bond donors (Lipinski definition) is 0. The molecule has 0 bridgehead atoms. The summed E-state index contributed by atoms with van der Waals surface area (Å²) < 4.78 is 7.04. The zero-order valence-electron chi connectivity index (χ0n) is 12.3. The lowest BCUT2D eigenvalue weighted by Crippen LogP contribution is -1.99. The molecule has 3 aromatic rings. The van der Waals surface area contributed by atoms with E-state index in [1.54, 1.807) is 19.5 Å². The van der Waals surface area contributed by atoms with Crippen LogP contribution in [0.4, 0.5) is 0 Å². The number of aryl methyl sites for hydroxylation is 1. The van der Waals surface area contributed by atoms with Crippen LogP contribution in [-0.4, -0.2) is 26.9 Å². The van der Waals surface area contributed by atoms with Gasteiger partial charge in [-0.3, -0.25) is 4.98 Å². The summed E-state index contributed by atoms with van der Waals surface area (Å²) in [6.07, 6.45) is 3.46. The van der Waals surface area contributed by atoms with Gasteiger partial charge in [0.1, 0.15) is 5.75 Å². The molecule has 0 fully saturated rings. The summed E-state index contributed by atoms with van der Waals surface area (Å²) >= 11 is 6.21. The Kier molecular flexibility index (Phi) is 4.06. The maximum Gasteiger partial charge on any atom is 0.181 e. The highest BCUT2D eigenvalue weighted by Crippen LogP contribution is 2.30. The van der Waals surface area contributed by atoms with Gasteiger partial charge in [-0.15, -0.1) is 0 Å². The molecule has 0 saturated carbocycles. The Morgan fingerprint density at radius 1 is 1.14 bits per heavy atom. The third kappa shape index (κ3) is 2.67. The van der Waals surface area contributed by atoms with Crippen LogP contribution >= 0.6 is 11.6 Å². The Bertz CT molecular complexity index is 786. The SMILES string of the molecule is CCn1nc(-c2ccncc2)nc1-c1ccc(OC)c(Cl)c1. The molecule has 0 spiro atoms. The number of rotatable bonds is 4. The molecule has 0 saturated heterocycles. The lowest BCUT2D eigenvalue weighted by atomic mass is 10.2. The fraction of sp³-hybridized carbons (Fsp3) is 0.188. The summed E-state index contributed by atoms with van der Waals surface area (Å²) in [6, 6.07) is 9.38. The monoisotopic (exact) mass is 314 g/mol. The first kappa shape index (κ1) is 14.5. The second-order valence-electron chi connectivity index (χ2n) is 4.66. The van der Waals surface area contributed by atoms with Gasteiger partial charge in [0.2, 0.25) is 0 Å². The summed E-state index contributed by atoms with van der Waals surface area (Å²) in [4.78, 5) is 8.66. The van der Waals surface area contributed by atoms with Crippen molar-refractivity contribution in [3.05, 3.63) is 47.7 Å². The van der Waals surface area contributed by atoms with Gasteiger partial charge in [0, 0.05) is 30.1 Å². The average Bonchev–Trinajstić information content (AvgIpc) is 3.00. The number of benzene rings is 1. The molecule has 22 heavy (non-hydrogen) atoms. The van der Waals surface area contributed by atoms with Crippen molar-refractivity contribution >= 4 is 11.6 Å². The van der Waals surface area contributed by atoms with E-state index < -0.39 is 0 Å². The first-order chi connectivity index (χ1) is 10.7. The van der Waals surface area contributed by atoms with Crippen LogP contribution in [0.15, 0.2) is 42.7 Å². The summed E-state index contributed by atoms with van der Waals surface area (Å²) in [6.45, 7) is 2.75. The van der Waals surface area contributed by atoms with Crippen molar-refractivity contribution in [3.8, 4) is 28.5 Å². The third-order valence-corrected chi connectivity index (χ3v) is 3.62. The predicted octanol–water partition coefficient (Wildman–Crippen LogP) is 3.69. The second-order valence-corrected chi connectivity index (χ2v) is 5.07. The zero-order chi connectivity index (χ0) is 15.5. The van der Waals surface area contributed by atoms with Gasteiger partial charge < -0.3 is 4.74 Å². The van der Waals surface area contributed by atoms with Crippen molar-refractivity contribution in [1.82, 2.24) is 19.7 Å². The van der Waals surface area contributed by atoms with Crippen LogP contribution < -0.4 is 4.74 Å². The highest BCUT2D eigenvalue weighted by atomic mass is 35.5. The average molecular weight is 315 g/mol. The molecule has 0 aliphatic carbocycles. The fourth-order valence-corrected chi connectivity index (χ4v) is 2.46. The number of aromatic nitrogens is 4. The molecule has 2 aromatic heterocycles. The lowest BCUT2D eigenvalue weighted by molar-refractivity contribution is 0.415. The normalized spacial score (nSPS) is 10.7. The van der Waals surface area contributed by atoms with Crippen LogP contribution in [0.25, 0.3) is 22.8 Å². The molecular formula is C16H15ClN4O. The Hall–Kier alpha value is -2.40. The zero-order valence-corrected chi connectivity index (χ0v) is 13.1. The molecule has 112 valence electrons. The van der Waals surface area contributed by atoms with Gasteiger partial charge in [-0.25, -0.2) is 9.67 Å². The van der Waals surface area contributed by atoms with Crippen molar-refractivity contribution in [2.45, 2.75) is 13.5 Å². The van der Waals surface area contributed by atoms with Gasteiger partial charge in [0.25, 0.3) is 0 Å². The summed E-state index contributed by atoms with van der Waals surface area (Å²) in [5.74, 6) is 2.09. The number of hydrogen-bond acceptors (Lipinski definition) is 4. The molecule has 0 aliphatic rings. The molecule has 6 heteroatoms. The quantitative estimate of drug-likeness (QED) is 0.737. The van der Waals surface area contributed by atoms with Crippen LogP contribution in [0.3, 0.4) is 0 Å². The minimum atomic E-state index is 0.552. The Balaban J connectivity index is 2.07. The van der Waals surface area contributed by atoms with Gasteiger partial charge in [0.05, 0.1) is 12.1 Å². The molecule has 2 heterocycles. The van der Waals surface area contributed by atoms with Crippen LogP contribution in [0, 0.1) is 0 Å². The number of pyridine rings is 1. The van der Waals surface area contributed by atoms with Crippen LogP contribution in [0.1, 0.15) is 6.92 Å². The van der Waals surface area contributed by atoms with Crippen molar-refractivity contribution < 1.29 is 4.74 Å². The van der Waals surface area contributed by atoms with E-state index in [0.717, 1.165) is 23.5 Å². The van der Waals surface area contributed by atoms with E-state index in [4.69, 9.17) is 16.3 Å². The molecular weight excluding hydrogens is 300 g/mol. The van der Waals surface area contributed by atoms with Crippen molar-refractivity contribution in [2.24, 2.45) is 0 Å². The minimum absolute atomic E-state index is 0.552. The van der Waals surface area contributed by atoms with E-state index in [1.807, 2.05) is 41.9 Å². The van der Waals surface area contributed by atoms with E-state index in [2.05, 4.69) is 15.1 Å². The lowest BCUT2D eigenvalue weighted by Gasteiger charge is -2.06. The molecule has 0 radical (unpaired) electrons. The van der Waals surface area contributed by atoms with Crippen LogP contribution in [0.2, 0.25) is 5.02 Å². The van der Waals surface area contributed by atoms with Crippen LogP contribution in [0.5, 0.6) is 5.75 Å². The molecule has 0 aliphatic heterocycles. The molecule has 1 aromatic carbocycles. The molecule has 0 N–H and O–H groups in total. The maximum atomic E-state index is 6.21. The Labute approximate surface area is 133 Å². The number of nitrogens with zero attached hydrogens (tertiary/aromatic N) is 4. The summed E-state index contributed by atoms with van der Waals surface area (Å²) in [5.41, 5.74) is 1.84. The second kappa shape index (κ2) is 6.15. The predicted molar refractivity (Wildman–Crippen MR) is 85.9 cm³/mol. The van der Waals surface area contributed by atoms with Gasteiger partial charge in [-0.1, -0.05) is 11.6 Å². The third-order valence-electron chi connectivity index (χ3n) is 3.32. The highest BCUT2D eigenvalue weighted by Gasteiger charge is 2.14. The van der Waals surface area contributed by atoms with E-state index in [0.29, 0.717) is 16.6 Å². The smallest absolute Gasteiger partial charge is 0.181 e. The summed E-state index contributed by atoms with van der Waals surface area (Å²) in [7, 11) is 1.59. The number of halogens is 1. The molecule has 0 atom stereocenters. The fourth-order valence-electron chi connectivity index (χ4n) is 2.20. The standard InChI is InChI=1S/C16H15ClN4O/c1-3-21-16(12-4-5-14(22-2)13(17)10-12)19-15(20-21)11-6-8-18-9-7-11/h4-10H,3H2,1-2H3. The molecule has 0 unspecified atom stereocenters. The Morgan fingerprint density at radius 3 is 2.55 bits per heavy atom. The van der Waals surface area contributed by atoms with Crippen molar-refractivity contribution in [1.29, 1.82) is 0 Å². The molecule has 0 amide bonds. The Morgan fingerprint density at radius 2 is 1.91 bits per heavy atom. The van der Waals surface area contributed by atoms with Gasteiger partial charge >= 0.3 is 0 Å². The van der Waals surface area contributed by atoms with Crippen LogP contribution in [-0.2, 0) is 6.54 Å². The van der Waals surface area contributed by atoms with Crippen molar-refractivity contribution in [3.63, 3.8) is 0 Å². The van der Waals surface area contributed by atoms with E-state index in [9.17, 15) is 0 Å². The first-order valence-electron chi connectivity index (χ1n) is 6.92. The highest BCUT2D eigenvalue weighted by molar-refractivity contribution is 6.32. The molecule has 5 nitrogen and oxygen atoms in total. The summed E-state index contributed by atoms with van der Waals surface area (Å²) in [5, 5.41) is 5.10. The van der Waals surface area contributed by atoms with Gasteiger partial charge in [-0.05, 0) is 37.3 Å². The van der Waals surface area contributed by atoms with E-state index >= 15 is 0 Å². The van der Waals surface area contributed by atoms with E-state index in [-0.39, 0.29) is 0 Å².